The van der Waals surface area contributed by atoms with Crippen LogP contribution in [0.1, 0.15) is 40.1 Å². The summed E-state index contributed by atoms with van der Waals surface area (Å²) in [4.78, 5) is 27.2. The molecule has 24 heavy (non-hydrogen) atoms. The van der Waals surface area contributed by atoms with E-state index in [1.807, 2.05) is 22.4 Å². The standard InChI is InChI=1S/C19H22N2O2S/c1-13-6-3-4-7-16(13)15-9-10-21(12-15)19(23)14(2)20-18(22)17-8-5-11-24-17/h3-8,11,14-15H,9-10,12H2,1-2H3,(H,20,22). The average Bonchev–Trinajstić information content (AvgIpc) is 3.26. The number of aryl methyl sites for hydroxylation is 1. The molecule has 2 amide bonds. The molecule has 5 heteroatoms. The lowest BCUT2D eigenvalue weighted by Gasteiger charge is -2.22. The fourth-order valence-electron chi connectivity index (χ4n) is 3.27. The van der Waals surface area contributed by atoms with Gasteiger partial charge in [0.1, 0.15) is 6.04 Å². The monoisotopic (exact) mass is 342 g/mol. The Hall–Kier alpha value is -2.14. The highest BCUT2D eigenvalue weighted by molar-refractivity contribution is 7.12. The normalized spacial score (nSPS) is 18.4. The second-order valence-electron chi connectivity index (χ2n) is 6.30. The van der Waals surface area contributed by atoms with Crippen molar-refractivity contribution in [2.24, 2.45) is 0 Å². The van der Waals surface area contributed by atoms with Crippen LogP contribution in [0.25, 0.3) is 0 Å². The average molecular weight is 342 g/mol. The molecular formula is C19H22N2O2S. The molecule has 1 aromatic heterocycles. The highest BCUT2D eigenvalue weighted by Gasteiger charge is 2.31. The molecule has 1 aromatic carbocycles. The lowest BCUT2D eigenvalue weighted by Crippen LogP contribution is -2.46. The van der Waals surface area contributed by atoms with Crippen LogP contribution in [0.3, 0.4) is 0 Å². The van der Waals surface area contributed by atoms with Crippen LogP contribution in [0, 0.1) is 6.92 Å². The summed E-state index contributed by atoms with van der Waals surface area (Å²) >= 11 is 1.38. The minimum atomic E-state index is -0.504. The molecular weight excluding hydrogens is 320 g/mol. The number of benzene rings is 1. The van der Waals surface area contributed by atoms with Crippen molar-refractivity contribution in [1.82, 2.24) is 10.2 Å². The van der Waals surface area contributed by atoms with Gasteiger partial charge in [-0.25, -0.2) is 0 Å². The molecule has 126 valence electrons. The topological polar surface area (TPSA) is 49.4 Å². The zero-order valence-electron chi connectivity index (χ0n) is 14.0. The van der Waals surface area contributed by atoms with Crippen molar-refractivity contribution in [1.29, 1.82) is 0 Å². The number of thiophene rings is 1. The van der Waals surface area contributed by atoms with Gasteiger partial charge in [0.05, 0.1) is 4.88 Å². The molecule has 4 nitrogen and oxygen atoms in total. The number of amides is 2. The van der Waals surface area contributed by atoms with Crippen LogP contribution in [0.15, 0.2) is 41.8 Å². The Morgan fingerprint density at radius 1 is 1.25 bits per heavy atom. The Morgan fingerprint density at radius 2 is 2.04 bits per heavy atom. The molecule has 1 fully saturated rings. The molecule has 1 saturated heterocycles. The second-order valence-corrected chi connectivity index (χ2v) is 7.25. The van der Waals surface area contributed by atoms with E-state index in [2.05, 4.69) is 30.4 Å². The van der Waals surface area contributed by atoms with Gasteiger partial charge < -0.3 is 10.2 Å². The van der Waals surface area contributed by atoms with E-state index < -0.39 is 6.04 Å². The maximum absolute atomic E-state index is 12.6. The fourth-order valence-corrected chi connectivity index (χ4v) is 3.90. The number of likely N-dealkylation sites (tertiary alicyclic amines) is 1. The highest BCUT2D eigenvalue weighted by Crippen LogP contribution is 2.29. The molecule has 2 unspecified atom stereocenters. The first kappa shape index (κ1) is 16.7. The zero-order chi connectivity index (χ0) is 17.1. The van der Waals surface area contributed by atoms with Crippen molar-refractivity contribution in [3.63, 3.8) is 0 Å². The van der Waals surface area contributed by atoms with Crippen LogP contribution < -0.4 is 5.32 Å². The van der Waals surface area contributed by atoms with Crippen LogP contribution in [-0.2, 0) is 4.79 Å². The smallest absolute Gasteiger partial charge is 0.261 e. The Morgan fingerprint density at radius 3 is 2.75 bits per heavy atom. The lowest BCUT2D eigenvalue weighted by atomic mass is 9.94. The SMILES string of the molecule is Cc1ccccc1C1CCN(C(=O)C(C)NC(=O)c2cccs2)C1. The highest BCUT2D eigenvalue weighted by atomic mass is 32.1. The summed E-state index contributed by atoms with van der Waals surface area (Å²) in [6, 6.07) is 11.4. The summed E-state index contributed by atoms with van der Waals surface area (Å²) in [5.41, 5.74) is 2.60. The summed E-state index contributed by atoms with van der Waals surface area (Å²) in [6.45, 7) is 5.35. The van der Waals surface area contributed by atoms with E-state index in [4.69, 9.17) is 0 Å². The summed E-state index contributed by atoms with van der Waals surface area (Å²) in [5, 5.41) is 4.66. The molecule has 0 bridgehead atoms. The van der Waals surface area contributed by atoms with Crippen molar-refractivity contribution < 1.29 is 9.59 Å². The molecule has 0 radical (unpaired) electrons. The van der Waals surface area contributed by atoms with Crippen molar-refractivity contribution >= 4 is 23.2 Å². The largest absolute Gasteiger partial charge is 0.340 e. The zero-order valence-corrected chi connectivity index (χ0v) is 14.8. The summed E-state index contributed by atoms with van der Waals surface area (Å²) < 4.78 is 0. The number of nitrogens with one attached hydrogen (secondary N) is 1. The van der Waals surface area contributed by atoms with Crippen molar-refractivity contribution in [3.8, 4) is 0 Å². The van der Waals surface area contributed by atoms with E-state index >= 15 is 0 Å². The van der Waals surface area contributed by atoms with Gasteiger partial charge in [-0.05, 0) is 42.8 Å². The van der Waals surface area contributed by atoms with Crippen LogP contribution in [0.5, 0.6) is 0 Å². The van der Waals surface area contributed by atoms with Crippen molar-refractivity contribution in [2.45, 2.75) is 32.2 Å². The van der Waals surface area contributed by atoms with Crippen LogP contribution in [-0.4, -0.2) is 35.8 Å². The molecule has 2 heterocycles. The van der Waals surface area contributed by atoms with Crippen molar-refractivity contribution in [3.05, 3.63) is 57.8 Å². The quantitative estimate of drug-likeness (QED) is 0.928. The number of hydrogen-bond donors (Lipinski definition) is 1. The summed E-state index contributed by atoms with van der Waals surface area (Å²) in [6.07, 6.45) is 0.974. The third-order valence-corrected chi connectivity index (χ3v) is 5.46. The Kier molecular flexibility index (Phi) is 5.00. The molecule has 1 aliphatic heterocycles. The minimum Gasteiger partial charge on any atom is -0.340 e. The number of hydrogen-bond acceptors (Lipinski definition) is 3. The molecule has 2 aromatic rings. The van der Waals surface area contributed by atoms with Gasteiger partial charge in [0.2, 0.25) is 5.91 Å². The molecule has 0 aliphatic carbocycles. The van der Waals surface area contributed by atoms with Gasteiger partial charge >= 0.3 is 0 Å². The van der Waals surface area contributed by atoms with Gasteiger partial charge in [-0.3, -0.25) is 9.59 Å². The van der Waals surface area contributed by atoms with Gasteiger partial charge in [0.15, 0.2) is 0 Å². The predicted molar refractivity (Wildman–Crippen MR) is 96.4 cm³/mol. The Bertz CT molecular complexity index is 727. The number of rotatable bonds is 4. The molecule has 3 rings (SSSR count). The molecule has 0 saturated carbocycles. The van der Waals surface area contributed by atoms with E-state index in [1.165, 1.54) is 22.5 Å². The maximum atomic E-state index is 12.6. The van der Waals surface area contributed by atoms with Gasteiger partial charge in [-0.1, -0.05) is 30.3 Å². The maximum Gasteiger partial charge on any atom is 0.261 e. The van der Waals surface area contributed by atoms with Crippen LogP contribution >= 0.6 is 11.3 Å². The van der Waals surface area contributed by atoms with Gasteiger partial charge in [0.25, 0.3) is 5.91 Å². The van der Waals surface area contributed by atoms with Crippen molar-refractivity contribution in [2.75, 3.05) is 13.1 Å². The molecule has 2 atom stereocenters. The molecule has 1 aliphatic rings. The van der Waals surface area contributed by atoms with Gasteiger partial charge in [-0.15, -0.1) is 11.3 Å². The first-order valence-corrected chi connectivity index (χ1v) is 9.13. The third kappa shape index (κ3) is 3.51. The number of nitrogens with zero attached hydrogens (tertiary/aromatic N) is 1. The number of carbonyl (C=O) groups excluding carboxylic acids is 2. The lowest BCUT2D eigenvalue weighted by molar-refractivity contribution is -0.131. The number of carbonyl (C=O) groups is 2. The predicted octanol–water partition coefficient (Wildman–Crippen LogP) is 3.19. The van der Waals surface area contributed by atoms with E-state index in [9.17, 15) is 9.59 Å². The molecule has 0 spiro atoms. The Labute approximate surface area is 146 Å². The van der Waals surface area contributed by atoms with Gasteiger partial charge in [-0.2, -0.15) is 0 Å². The summed E-state index contributed by atoms with van der Waals surface area (Å²) in [7, 11) is 0. The van der Waals surface area contributed by atoms with Crippen LogP contribution in [0.2, 0.25) is 0 Å². The van der Waals surface area contributed by atoms with E-state index in [-0.39, 0.29) is 11.8 Å². The summed E-state index contributed by atoms with van der Waals surface area (Å²) in [5.74, 6) is 0.201. The van der Waals surface area contributed by atoms with Gasteiger partial charge in [0, 0.05) is 19.0 Å². The Balaban J connectivity index is 1.60. The minimum absolute atomic E-state index is 0.00371. The van der Waals surface area contributed by atoms with E-state index in [0.717, 1.165) is 19.5 Å². The first-order valence-electron chi connectivity index (χ1n) is 8.25. The fraction of sp³-hybridized carbons (Fsp3) is 0.368. The van der Waals surface area contributed by atoms with E-state index in [1.54, 1.807) is 13.0 Å². The van der Waals surface area contributed by atoms with Crippen LogP contribution in [0.4, 0.5) is 0 Å². The molecule has 1 N–H and O–H groups in total. The first-order chi connectivity index (χ1) is 11.6. The van der Waals surface area contributed by atoms with E-state index in [0.29, 0.717) is 10.8 Å². The second kappa shape index (κ2) is 7.18. The third-order valence-electron chi connectivity index (χ3n) is 4.59.